The molecular formula is C22H37F3IN5. The van der Waals surface area contributed by atoms with Gasteiger partial charge in [-0.1, -0.05) is 26.0 Å². The fraction of sp³-hybridized carbons (Fsp3) is 0.682. The van der Waals surface area contributed by atoms with Gasteiger partial charge in [-0.25, -0.2) is 0 Å². The number of hydrogen-bond acceptors (Lipinski definition) is 3. The molecule has 1 aromatic carbocycles. The van der Waals surface area contributed by atoms with Gasteiger partial charge in [-0.3, -0.25) is 9.89 Å². The predicted molar refractivity (Wildman–Crippen MR) is 132 cm³/mol. The first-order valence-corrected chi connectivity index (χ1v) is 10.8. The summed E-state index contributed by atoms with van der Waals surface area (Å²) in [6.45, 7) is 12.9. The van der Waals surface area contributed by atoms with E-state index < -0.39 is 11.7 Å². The lowest BCUT2D eigenvalue weighted by atomic mass is 10.0. The van der Waals surface area contributed by atoms with Gasteiger partial charge in [0.15, 0.2) is 5.96 Å². The Hall–Kier alpha value is -1.07. The number of piperazine rings is 1. The highest BCUT2D eigenvalue weighted by atomic mass is 127. The molecule has 1 fully saturated rings. The summed E-state index contributed by atoms with van der Waals surface area (Å²) in [4.78, 5) is 9.68. The molecule has 1 unspecified atom stereocenters. The Morgan fingerprint density at radius 2 is 1.68 bits per heavy atom. The molecule has 0 bridgehead atoms. The molecule has 0 amide bonds. The van der Waals surface area contributed by atoms with Crippen LogP contribution in [0.15, 0.2) is 29.3 Å². The van der Waals surface area contributed by atoms with Gasteiger partial charge in [0.1, 0.15) is 0 Å². The minimum atomic E-state index is -4.29. The van der Waals surface area contributed by atoms with Crippen LogP contribution in [0.4, 0.5) is 13.2 Å². The predicted octanol–water partition coefficient (Wildman–Crippen LogP) is 3.69. The molecule has 0 aliphatic carbocycles. The Balaban J connectivity index is 0.00000480. The van der Waals surface area contributed by atoms with Gasteiger partial charge >= 0.3 is 6.18 Å². The van der Waals surface area contributed by atoms with Gasteiger partial charge in [0.2, 0.25) is 0 Å². The highest BCUT2D eigenvalue weighted by Gasteiger charge is 2.30. The maximum Gasteiger partial charge on any atom is 0.416 e. The van der Waals surface area contributed by atoms with Crippen LogP contribution in [-0.2, 0) is 12.6 Å². The summed E-state index contributed by atoms with van der Waals surface area (Å²) in [6.07, 6.45) is -3.66. The number of alkyl halides is 3. The van der Waals surface area contributed by atoms with E-state index in [0.29, 0.717) is 24.9 Å². The van der Waals surface area contributed by atoms with Crippen molar-refractivity contribution in [3.8, 4) is 0 Å². The summed E-state index contributed by atoms with van der Waals surface area (Å²) >= 11 is 0. The summed E-state index contributed by atoms with van der Waals surface area (Å²) in [5.41, 5.74) is 0.251. The molecule has 0 saturated carbocycles. The molecule has 178 valence electrons. The third-order valence-corrected chi connectivity index (χ3v) is 5.54. The number of rotatable bonds is 8. The van der Waals surface area contributed by atoms with Gasteiger partial charge in [0.25, 0.3) is 0 Å². The molecule has 2 N–H and O–H groups in total. The Kier molecular flexibility index (Phi) is 12.2. The first-order chi connectivity index (χ1) is 14.2. The number of aliphatic imine (C=N–C) groups is 1. The Bertz CT molecular complexity index is 656. The molecule has 1 aliphatic heterocycles. The molecule has 0 spiro atoms. The maximum absolute atomic E-state index is 12.7. The second kappa shape index (κ2) is 13.5. The van der Waals surface area contributed by atoms with Crippen LogP contribution in [0.25, 0.3) is 0 Å². The van der Waals surface area contributed by atoms with E-state index in [4.69, 9.17) is 4.99 Å². The molecule has 1 heterocycles. The third-order valence-electron chi connectivity index (χ3n) is 5.54. The van der Waals surface area contributed by atoms with Gasteiger partial charge in [0.05, 0.1) is 12.1 Å². The van der Waals surface area contributed by atoms with Crippen molar-refractivity contribution in [1.29, 1.82) is 0 Å². The summed E-state index contributed by atoms with van der Waals surface area (Å²) < 4.78 is 38.0. The van der Waals surface area contributed by atoms with E-state index in [-0.39, 0.29) is 24.0 Å². The molecular weight excluding hydrogens is 518 g/mol. The molecule has 1 saturated heterocycles. The number of nitrogens with zero attached hydrogens (tertiary/aromatic N) is 3. The molecule has 0 radical (unpaired) electrons. The van der Waals surface area contributed by atoms with E-state index in [1.807, 2.05) is 6.92 Å². The van der Waals surface area contributed by atoms with Crippen molar-refractivity contribution >= 4 is 29.9 Å². The van der Waals surface area contributed by atoms with Crippen LogP contribution >= 0.6 is 24.0 Å². The van der Waals surface area contributed by atoms with Crippen LogP contribution in [0.2, 0.25) is 0 Å². The summed E-state index contributed by atoms with van der Waals surface area (Å²) in [5.74, 6) is 1.26. The first-order valence-electron chi connectivity index (χ1n) is 10.8. The second-order valence-corrected chi connectivity index (χ2v) is 8.24. The topological polar surface area (TPSA) is 42.9 Å². The average Bonchev–Trinajstić information content (AvgIpc) is 2.69. The summed E-state index contributed by atoms with van der Waals surface area (Å²) in [6, 6.07) is 5.74. The quantitative estimate of drug-likeness (QED) is 0.292. The summed E-state index contributed by atoms with van der Waals surface area (Å²) in [7, 11) is 2.16. The fourth-order valence-electron chi connectivity index (χ4n) is 3.61. The van der Waals surface area contributed by atoms with E-state index in [2.05, 4.69) is 41.3 Å². The van der Waals surface area contributed by atoms with E-state index in [0.717, 1.165) is 62.9 Å². The number of halogens is 4. The van der Waals surface area contributed by atoms with E-state index >= 15 is 0 Å². The SMILES string of the molecule is CCNC(=NCC(C(C)C)N1CCN(C)CC1)NCCc1ccc(C(F)(F)F)cc1.I. The van der Waals surface area contributed by atoms with Gasteiger partial charge in [-0.15, -0.1) is 24.0 Å². The highest BCUT2D eigenvalue weighted by molar-refractivity contribution is 14.0. The molecule has 1 aromatic rings. The van der Waals surface area contributed by atoms with Crippen LogP contribution in [0, 0.1) is 5.92 Å². The summed E-state index contributed by atoms with van der Waals surface area (Å²) in [5, 5.41) is 6.57. The monoisotopic (exact) mass is 555 g/mol. The molecule has 2 rings (SSSR count). The third kappa shape index (κ3) is 9.53. The van der Waals surface area contributed by atoms with Crippen LogP contribution < -0.4 is 10.6 Å². The molecule has 31 heavy (non-hydrogen) atoms. The van der Waals surface area contributed by atoms with Crippen molar-refractivity contribution in [2.45, 2.75) is 39.4 Å². The number of nitrogens with one attached hydrogen (secondary N) is 2. The second-order valence-electron chi connectivity index (χ2n) is 8.24. The zero-order chi connectivity index (χ0) is 22.1. The van der Waals surface area contributed by atoms with Crippen molar-refractivity contribution in [1.82, 2.24) is 20.4 Å². The fourth-order valence-corrected chi connectivity index (χ4v) is 3.61. The largest absolute Gasteiger partial charge is 0.416 e. The van der Waals surface area contributed by atoms with Crippen LogP contribution in [-0.4, -0.2) is 74.7 Å². The Morgan fingerprint density at radius 3 is 2.19 bits per heavy atom. The Labute approximate surface area is 201 Å². The molecule has 1 atom stereocenters. The zero-order valence-corrected chi connectivity index (χ0v) is 21.3. The van der Waals surface area contributed by atoms with E-state index in [1.165, 1.54) is 12.1 Å². The van der Waals surface area contributed by atoms with Crippen molar-refractivity contribution in [3.05, 3.63) is 35.4 Å². The highest BCUT2D eigenvalue weighted by Crippen LogP contribution is 2.29. The van der Waals surface area contributed by atoms with Crippen molar-refractivity contribution < 1.29 is 13.2 Å². The van der Waals surface area contributed by atoms with E-state index in [9.17, 15) is 13.2 Å². The van der Waals surface area contributed by atoms with Gasteiger partial charge in [-0.05, 0) is 44.0 Å². The van der Waals surface area contributed by atoms with Crippen LogP contribution in [0.5, 0.6) is 0 Å². The molecule has 5 nitrogen and oxygen atoms in total. The lowest BCUT2D eigenvalue weighted by molar-refractivity contribution is -0.137. The van der Waals surface area contributed by atoms with Crippen molar-refractivity contribution in [3.63, 3.8) is 0 Å². The van der Waals surface area contributed by atoms with Crippen molar-refractivity contribution in [2.75, 3.05) is 52.9 Å². The van der Waals surface area contributed by atoms with Gasteiger partial charge in [-0.2, -0.15) is 13.2 Å². The normalized spacial score (nSPS) is 17.4. The number of guanidine groups is 1. The van der Waals surface area contributed by atoms with E-state index in [1.54, 1.807) is 0 Å². The van der Waals surface area contributed by atoms with Crippen LogP contribution in [0.3, 0.4) is 0 Å². The van der Waals surface area contributed by atoms with Gasteiger partial charge in [0, 0.05) is 45.3 Å². The van der Waals surface area contributed by atoms with Crippen molar-refractivity contribution in [2.24, 2.45) is 10.9 Å². The standard InChI is InChI=1S/C22H36F3N5.HI/c1-5-26-21(27-11-10-18-6-8-19(9-7-18)22(23,24)25)28-16-20(17(2)3)30-14-12-29(4)13-15-30;/h6-9,17,20H,5,10-16H2,1-4H3,(H2,26,27,28);1H. The van der Waals surface area contributed by atoms with Gasteiger partial charge < -0.3 is 15.5 Å². The maximum atomic E-state index is 12.7. The minimum absolute atomic E-state index is 0. The minimum Gasteiger partial charge on any atom is -0.357 e. The zero-order valence-electron chi connectivity index (χ0n) is 19.0. The first kappa shape index (κ1) is 28.0. The smallest absolute Gasteiger partial charge is 0.357 e. The molecule has 1 aliphatic rings. The molecule has 9 heteroatoms. The lowest BCUT2D eigenvalue weighted by Gasteiger charge is -2.39. The number of likely N-dealkylation sites (N-methyl/N-ethyl adjacent to an activating group) is 1. The lowest BCUT2D eigenvalue weighted by Crippen LogP contribution is -2.52. The Morgan fingerprint density at radius 1 is 1.06 bits per heavy atom. The number of hydrogen-bond donors (Lipinski definition) is 2. The van der Waals surface area contributed by atoms with Crippen LogP contribution in [0.1, 0.15) is 31.9 Å². The number of benzene rings is 1. The average molecular weight is 555 g/mol. The molecule has 0 aromatic heterocycles.